The maximum Gasteiger partial charge on any atom is 0.0240 e. The smallest absolute Gasteiger partial charge is 0.0240 e. The molecular weight excluding hydrogens is 196 g/mol. The van der Waals surface area contributed by atoms with E-state index in [1.54, 1.807) is 0 Å². The van der Waals surface area contributed by atoms with Gasteiger partial charge in [0.25, 0.3) is 0 Å². The molecule has 2 bridgehead atoms. The van der Waals surface area contributed by atoms with E-state index >= 15 is 0 Å². The molecule has 88 valence electrons. The fraction of sp³-hybridized carbons (Fsp3) is 0.571. The zero-order chi connectivity index (χ0) is 11.5. The Kier molecular flexibility index (Phi) is 3.62. The summed E-state index contributed by atoms with van der Waals surface area (Å²) in [5.41, 5.74) is 1.29. The predicted octanol–water partition coefficient (Wildman–Crippen LogP) is 2.06. The van der Waals surface area contributed by atoms with Crippen LogP contribution >= 0.6 is 0 Å². The first-order valence-corrected chi connectivity index (χ1v) is 6.13. The minimum atomic E-state index is 0.747. The van der Waals surface area contributed by atoms with Gasteiger partial charge in [0.1, 0.15) is 0 Å². The van der Waals surface area contributed by atoms with Gasteiger partial charge in [-0.15, -0.1) is 0 Å². The van der Waals surface area contributed by atoms with Gasteiger partial charge in [0, 0.05) is 31.7 Å². The number of nitrogens with zero attached hydrogens (tertiary/aromatic N) is 2. The second-order valence-corrected chi connectivity index (χ2v) is 4.96. The zero-order valence-corrected chi connectivity index (χ0v) is 10.2. The van der Waals surface area contributed by atoms with E-state index in [0.29, 0.717) is 0 Å². The lowest BCUT2D eigenvalue weighted by atomic mass is 10.1. The van der Waals surface area contributed by atoms with Crippen molar-refractivity contribution in [2.45, 2.75) is 24.9 Å². The van der Waals surface area contributed by atoms with Crippen LogP contribution in [0.25, 0.3) is 0 Å². The van der Waals surface area contributed by atoms with Crippen LogP contribution in [-0.4, -0.2) is 48.6 Å². The predicted molar refractivity (Wildman–Crippen MR) is 69.5 cm³/mol. The molecule has 2 atom stereocenters. The lowest BCUT2D eigenvalue weighted by Crippen LogP contribution is -2.52. The lowest BCUT2D eigenvalue weighted by molar-refractivity contribution is 0.0920. The van der Waals surface area contributed by atoms with Gasteiger partial charge in [-0.3, -0.25) is 4.90 Å². The highest BCUT2D eigenvalue weighted by atomic mass is 15.3. The van der Waals surface area contributed by atoms with Crippen molar-refractivity contribution < 1.29 is 0 Å². The molecule has 0 radical (unpaired) electrons. The Labute approximate surface area is 98.9 Å². The summed E-state index contributed by atoms with van der Waals surface area (Å²) in [7, 11) is 2.23. The van der Waals surface area contributed by atoms with Crippen LogP contribution in [0.1, 0.15) is 12.8 Å². The fourth-order valence-electron chi connectivity index (χ4n) is 3.01. The fourth-order valence-corrected chi connectivity index (χ4v) is 3.01. The van der Waals surface area contributed by atoms with Gasteiger partial charge in [0.05, 0.1) is 0 Å². The van der Waals surface area contributed by atoms with Gasteiger partial charge >= 0.3 is 0 Å². The van der Waals surface area contributed by atoms with Crippen molar-refractivity contribution in [1.29, 1.82) is 0 Å². The second kappa shape index (κ2) is 4.98. The average Bonchev–Trinajstić information content (AvgIpc) is 2.50. The summed E-state index contributed by atoms with van der Waals surface area (Å²) < 4.78 is 0. The van der Waals surface area contributed by atoms with Gasteiger partial charge in [0.15, 0.2) is 0 Å². The van der Waals surface area contributed by atoms with E-state index in [0.717, 1.165) is 18.6 Å². The minimum Gasteiger partial charge on any atom is -0.303 e. The molecule has 0 aromatic heterocycles. The van der Waals surface area contributed by atoms with Crippen LogP contribution in [0.5, 0.6) is 0 Å². The molecule has 2 aliphatic heterocycles. The van der Waals surface area contributed by atoms with Crippen molar-refractivity contribution in [1.82, 2.24) is 9.80 Å². The average molecular weight is 218 g/mol. The molecule has 2 fully saturated rings. The van der Waals surface area contributed by atoms with Crippen molar-refractivity contribution in [3.63, 3.8) is 0 Å². The van der Waals surface area contributed by atoms with Crippen molar-refractivity contribution in [3.05, 3.63) is 37.0 Å². The number of likely N-dealkylation sites (tertiary alicyclic amines) is 1. The molecule has 0 spiro atoms. The van der Waals surface area contributed by atoms with Crippen LogP contribution in [-0.2, 0) is 0 Å². The highest BCUT2D eigenvalue weighted by molar-refractivity contribution is 5.23. The summed E-state index contributed by atoms with van der Waals surface area (Å²) in [6.45, 7) is 11.1. The molecule has 0 aromatic rings. The van der Waals surface area contributed by atoms with Crippen LogP contribution < -0.4 is 0 Å². The summed E-state index contributed by atoms with van der Waals surface area (Å²) in [5, 5.41) is 0. The molecule has 0 amide bonds. The number of rotatable bonds is 4. The molecule has 2 heteroatoms. The molecule has 0 aliphatic carbocycles. The molecule has 2 saturated heterocycles. The molecule has 2 nitrogen and oxygen atoms in total. The monoisotopic (exact) mass is 218 g/mol. The number of likely N-dealkylation sites (N-methyl/N-ethyl adjacent to an activating group) is 1. The van der Waals surface area contributed by atoms with Gasteiger partial charge in [-0.25, -0.2) is 0 Å². The first-order valence-electron chi connectivity index (χ1n) is 6.13. The molecular formula is C14H22N2. The van der Waals surface area contributed by atoms with Gasteiger partial charge in [-0.1, -0.05) is 31.4 Å². The molecule has 2 aliphatic rings. The molecule has 2 heterocycles. The van der Waals surface area contributed by atoms with Crippen LogP contribution in [0.4, 0.5) is 0 Å². The summed E-state index contributed by atoms with van der Waals surface area (Å²) in [6.07, 6.45) is 8.60. The van der Waals surface area contributed by atoms with Crippen molar-refractivity contribution >= 4 is 0 Å². The van der Waals surface area contributed by atoms with E-state index in [1.807, 2.05) is 12.2 Å². The largest absolute Gasteiger partial charge is 0.303 e. The zero-order valence-electron chi connectivity index (χ0n) is 10.2. The maximum atomic E-state index is 3.88. The summed E-state index contributed by atoms with van der Waals surface area (Å²) >= 11 is 0. The lowest BCUT2D eigenvalue weighted by Gasteiger charge is -2.39. The Morgan fingerprint density at radius 2 is 1.88 bits per heavy atom. The van der Waals surface area contributed by atoms with Gasteiger partial charge < -0.3 is 4.90 Å². The van der Waals surface area contributed by atoms with E-state index < -0.39 is 0 Å². The molecule has 0 saturated carbocycles. The normalized spacial score (nSPS) is 31.7. The molecule has 2 unspecified atom stereocenters. The SMILES string of the molecule is C=C/C=C(\C=C)CN1C2CCC1CN(C)C2. The van der Waals surface area contributed by atoms with Crippen LogP contribution in [0.2, 0.25) is 0 Å². The molecule has 0 N–H and O–H groups in total. The summed E-state index contributed by atoms with van der Waals surface area (Å²) in [5.74, 6) is 0. The molecule has 0 aromatic carbocycles. The van der Waals surface area contributed by atoms with Gasteiger partial charge in [0.2, 0.25) is 0 Å². The number of piperazine rings is 1. The third-order valence-corrected chi connectivity index (χ3v) is 3.78. The Hall–Kier alpha value is -0.860. The Morgan fingerprint density at radius 1 is 1.25 bits per heavy atom. The Morgan fingerprint density at radius 3 is 2.38 bits per heavy atom. The minimum absolute atomic E-state index is 0.747. The third-order valence-electron chi connectivity index (χ3n) is 3.78. The Balaban J connectivity index is 2.03. The number of hydrogen-bond acceptors (Lipinski definition) is 2. The second-order valence-electron chi connectivity index (χ2n) is 4.96. The quantitative estimate of drug-likeness (QED) is 0.666. The van der Waals surface area contributed by atoms with E-state index in [2.05, 4.69) is 36.1 Å². The van der Waals surface area contributed by atoms with Crippen LogP contribution in [0, 0.1) is 0 Å². The highest BCUT2D eigenvalue weighted by Gasteiger charge is 2.38. The van der Waals surface area contributed by atoms with E-state index in [1.165, 1.54) is 31.5 Å². The third kappa shape index (κ3) is 2.28. The number of allylic oxidation sites excluding steroid dienone is 2. The van der Waals surface area contributed by atoms with Crippen LogP contribution in [0.15, 0.2) is 37.0 Å². The van der Waals surface area contributed by atoms with Crippen molar-refractivity contribution in [2.75, 3.05) is 26.7 Å². The number of hydrogen-bond donors (Lipinski definition) is 0. The van der Waals surface area contributed by atoms with E-state index in [4.69, 9.17) is 0 Å². The standard InChI is InChI=1S/C14H22N2/c1-4-6-12(5-2)9-16-13-7-8-14(16)11-15(3)10-13/h4-6,13-14H,1-2,7-11H2,3H3/b12-6+. The first kappa shape index (κ1) is 11.6. The van der Waals surface area contributed by atoms with Crippen LogP contribution in [0.3, 0.4) is 0 Å². The van der Waals surface area contributed by atoms with Gasteiger partial charge in [-0.05, 0) is 25.5 Å². The maximum absolute atomic E-state index is 3.88. The number of fused-ring (bicyclic) bond motifs is 2. The molecule has 2 rings (SSSR count). The summed E-state index contributed by atoms with van der Waals surface area (Å²) in [6, 6.07) is 1.49. The topological polar surface area (TPSA) is 6.48 Å². The molecule has 16 heavy (non-hydrogen) atoms. The van der Waals surface area contributed by atoms with E-state index in [-0.39, 0.29) is 0 Å². The van der Waals surface area contributed by atoms with Crippen molar-refractivity contribution in [2.24, 2.45) is 0 Å². The van der Waals surface area contributed by atoms with Gasteiger partial charge in [-0.2, -0.15) is 0 Å². The highest BCUT2D eigenvalue weighted by Crippen LogP contribution is 2.30. The first-order chi connectivity index (χ1) is 7.74. The summed E-state index contributed by atoms with van der Waals surface area (Å²) in [4.78, 5) is 5.11. The Bertz CT molecular complexity index is 292. The van der Waals surface area contributed by atoms with E-state index in [9.17, 15) is 0 Å². The van der Waals surface area contributed by atoms with Crippen molar-refractivity contribution in [3.8, 4) is 0 Å².